The van der Waals surface area contributed by atoms with Crippen LogP contribution < -0.4 is 10.1 Å². The van der Waals surface area contributed by atoms with Crippen LogP contribution in [0.25, 0.3) is 0 Å². The summed E-state index contributed by atoms with van der Waals surface area (Å²) in [6, 6.07) is 10.3. The van der Waals surface area contributed by atoms with Crippen LogP contribution in [0, 0.1) is 5.82 Å². The minimum atomic E-state index is -0.636. The third-order valence-electron chi connectivity index (χ3n) is 5.14. The van der Waals surface area contributed by atoms with E-state index in [-0.39, 0.29) is 17.6 Å². The average molecular weight is 434 g/mol. The van der Waals surface area contributed by atoms with Crippen molar-refractivity contribution in [2.75, 3.05) is 33.3 Å². The molecule has 30 heavy (non-hydrogen) atoms. The number of hydrogen-bond acceptors (Lipinski definition) is 4. The number of rotatable bonds is 6. The second-order valence-electron chi connectivity index (χ2n) is 7.26. The Kier molecular flexibility index (Phi) is 7.29. The first-order valence-electron chi connectivity index (χ1n) is 9.77. The summed E-state index contributed by atoms with van der Waals surface area (Å²) in [5.41, 5.74) is 1.23. The summed E-state index contributed by atoms with van der Waals surface area (Å²) < 4.78 is 18.9. The summed E-state index contributed by atoms with van der Waals surface area (Å²) in [4.78, 5) is 28.9. The molecule has 1 N–H and O–H groups in total. The van der Waals surface area contributed by atoms with E-state index in [2.05, 4.69) is 10.2 Å². The predicted octanol–water partition coefficient (Wildman–Crippen LogP) is 2.95. The number of nitrogens with zero attached hydrogens (tertiary/aromatic N) is 2. The third kappa shape index (κ3) is 5.49. The lowest BCUT2D eigenvalue weighted by atomic mass is 10.1. The first-order chi connectivity index (χ1) is 14.4. The summed E-state index contributed by atoms with van der Waals surface area (Å²) in [5, 5.41) is 3.29. The van der Waals surface area contributed by atoms with E-state index >= 15 is 0 Å². The fourth-order valence-electron chi connectivity index (χ4n) is 3.45. The van der Waals surface area contributed by atoms with E-state index in [0.717, 1.165) is 5.56 Å². The van der Waals surface area contributed by atoms with Crippen LogP contribution in [-0.2, 0) is 11.3 Å². The van der Waals surface area contributed by atoms with Gasteiger partial charge in [0.05, 0.1) is 7.11 Å². The first kappa shape index (κ1) is 22.1. The molecule has 1 heterocycles. The van der Waals surface area contributed by atoms with E-state index in [9.17, 15) is 14.0 Å². The lowest BCUT2D eigenvalue weighted by Crippen LogP contribution is -2.53. The number of amides is 2. The number of carbonyl (C=O) groups excluding carboxylic acids is 2. The molecule has 1 aliphatic rings. The van der Waals surface area contributed by atoms with Crippen molar-refractivity contribution in [3.63, 3.8) is 0 Å². The largest absolute Gasteiger partial charge is 0.496 e. The van der Waals surface area contributed by atoms with Crippen molar-refractivity contribution in [2.24, 2.45) is 0 Å². The van der Waals surface area contributed by atoms with E-state index in [1.54, 1.807) is 49.3 Å². The Balaban J connectivity index is 1.51. The van der Waals surface area contributed by atoms with Gasteiger partial charge < -0.3 is 15.0 Å². The molecule has 0 saturated carbocycles. The van der Waals surface area contributed by atoms with Gasteiger partial charge in [-0.2, -0.15) is 0 Å². The molecule has 1 saturated heterocycles. The number of nitrogens with one attached hydrogen (secondary N) is 1. The van der Waals surface area contributed by atoms with Crippen LogP contribution >= 0.6 is 11.6 Å². The molecule has 6 nitrogen and oxygen atoms in total. The van der Waals surface area contributed by atoms with Gasteiger partial charge in [0.2, 0.25) is 5.91 Å². The molecule has 2 amide bonds. The fourth-order valence-corrected chi connectivity index (χ4v) is 3.58. The normalized spacial score (nSPS) is 15.5. The molecule has 0 radical (unpaired) electrons. The number of hydrogen-bond donors (Lipinski definition) is 1. The topological polar surface area (TPSA) is 61.9 Å². The van der Waals surface area contributed by atoms with Crippen molar-refractivity contribution in [3.8, 4) is 5.75 Å². The van der Waals surface area contributed by atoms with Crippen molar-refractivity contribution in [2.45, 2.75) is 19.5 Å². The molecule has 2 aromatic carbocycles. The van der Waals surface area contributed by atoms with Gasteiger partial charge in [0.25, 0.3) is 5.91 Å². The van der Waals surface area contributed by atoms with Gasteiger partial charge in [-0.05, 0) is 49.4 Å². The summed E-state index contributed by atoms with van der Waals surface area (Å²) in [5.74, 6) is -0.0945. The summed E-state index contributed by atoms with van der Waals surface area (Å²) in [7, 11) is 1.56. The zero-order valence-corrected chi connectivity index (χ0v) is 17.8. The summed E-state index contributed by atoms with van der Waals surface area (Å²) in [6.45, 7) is 4.62. The molecule has 1 aliphatic heterocycles. The van der Waals surface area contributed by atoms with E-state index in [4.69, 9.17) is 16.3 Å². The second kappa shape index (κ2) is 9.91. The molecular formula is C22H25ClFN3O3. The molecule has 1 unspecified atom stereocenters. The van der Waals surface area contributed by atoms with Crippen molar-refractivity contribution in [1.82, 2.24) is 15.1 Å². The summed E-state index contributed by atoms with van der Waals surface area (Å²) in [6.07, 6.45) is 0. The molecular weight excluding hydrogens is 409 g/mol. The Morgan fingerprint density at radius 2 is 1.80 bits per heavy atom. The van der Waals surface area contributed by atoms with Crippen molar-refractivity contribution in [1.29, 1.82) is 0 Å². The Labute approximate surface area is 180 Å². The Morgan fingerprint density at radius 3 is 2.43 bits per heavy atom. The highest BCUT2D eigenvalue weighted by atomic mass is 35.5. The number of halogens is 2. The minimum Gasteiger partial charge on any atom is -0.496 e. The standard InChI is InChI=1S/C22H25ClFN3O3/c1-15(25-21(28)16-3-5-18(23)6-4-16)22(29)27-11-9-26(10-12-27)14-17-13-19(24)7-8-20(17)30-2/h3-8,13,15H,9-12,14H2,1-2H3,(H,25,28). The maximum Gasteiger partial charge on any atom is 0.251 e. The van der Waals surface area contributed by atoms with E-state index in [1.807, 2.05) is 0 Å². The Hall–Kier alpha value is -2.64. The van der Waals surface area contributed by atoms with Crippen LogP contribution in [-0.4, -0.2) is 60.9 Å². The number of benzene rings is 2. The molecule has 3 rings (SSSR count). The van der Waals surface area contributed by atoms with Gasteiger partial charge in [-0.15, -0.1) is 0 Å². The minimum absolute atomic E-state index is 0.125. The van der Waals surface area contributed by atoms with Crippen LogP contribution in [0.4, 0.5) is 4.39 Å². The Bertz CT molecular complexity index is 899. The smallest absolute Gasteiger partial charge is 0.251 e. The van der Waals surface area contributed by atoms with Crippen LogP contribution in [0.1, 0.15) is 22.8 Å². The van der Waals surface area contributed by atoms with Crippen LogP contribution in [0.2, 0.25) is 5.02 Å². The quantitative estimate of drug-likeness (QED) is 0.760. The number of carbonyl (C=O) groups is 2. The second-order valence-corrected chi connectivity index (χ2v) is 7.70. The van der Waals surface area contributed by atoms with E-state index in [0.29, 0.717) is 49.1 Å². The highest BCUT2D eigenvalue weighted by Gasteiger charge is 2.26. The van der Waals surface area contributed by atoms with Crippen molar-refractivity contribution >= 4 is 23.4 Å². The number of ether oxygens (including phenoxy) is 1. The third-order valence-corrected chi connectivity index (χ3v) is 5.40. The van der Waals surface area contributed by atoms with Gasteiger partial charge in [0, 0.05) is 48.9 Å². The molecule has 160 valence electrons. The first-order valence-corrected chi connectivity index (χ1v) is 10.1. The zero-order valence-electron chi connectivity index (χ0n) is 17.0. The van der Waals surface area contributed by atoms with Gasteiger partial charge in [0.1, 0.15) is 17.6 Å². The molecule has 1 fully saturated rings. The van der Waals surface area contributed by atoms with Crippen LogP contribution in [0.5, 0.6) is 5.75 Å². The van der Waals surface area contributed by atoms with Crippen LogP contribution in [0.15, 0.2) is 42.5 Å². The Morgan fingerprint density at radius 1 is 1.13 bits per heavy atom. The lowest BCUT2D eigenvalue weighted by Gasteiger charge is -2.36. The van der Waals surface area contributed by atoms with Gasteiger partial charge >= 0.3 is 0 Å². The van der Waals surface area contributed by atoms with E-state index in [1.165, 1.54) is 12.1 Å². The number of piperazine rings is 1. The van der Waals surface area contributed by atoms with Crippen LogP contribution in [0.3, 0.4) is 0 Å². The highest BCUT2D eigenvalue weighted by Crippen LogP contribution is 2.21. The maximum atomic E-state index is 13.6. The average Bonchev–Trinajstić information content (AvgIpc) is 2.74. The molecule has 2 aromatic rings. The lowest BCUT2D eigenvalue weighted by molar-refractivity contribution is -0.134. The zero-order chi connectivity index (χ0) is 21.7. The highest BCUT2D eigenvalue weighted by molar-refractivity contribution is 6.30. The number of methoxy groups -OCH3 is 1. The molecule has 0 spiro atoms. The van der Waals surface area contributed by atoms with Crippen molar-refractivity contribution < 1.29 is 18.7 Å². The molecule has 0 bridgehead atoms. The van der Waals surface area contributed by atoms with Gasteiger partial charge in [-0.3, -0.25) is 14.5 Å². The maximum absolute atomic E-state index is 13.6. The molecule has 0 aliphatic carbocycles. The van der Waals surface area contributed by atoms with Gasteiger partial charge in [-0.25, -0.2) is 4.39 Å². The SMILES string of the molecule is COc1ccc(F)cc1CN1CCN(C(=O)C(C)NC(=O)c2ccc(Cl)cc2)CC1. The van der Waals surface area contributed by atoms with E-state index < -0.39 is 6.04 Å². The molecule has 8 heteroatoms. The van der Waals surface area contributed by atoms with Crippen molar-refractivity contribution in [3.05, 3.63) is 64.4 Å². The predicted molar refractivity (Wildman–Crippen MR) is 113 cm³/mol. The van der Waals surface area contributed by atoms with Gasteiger partial charge in [0.15, 0.2) is 0 Å². The molecule has 1 atom stereocenters. The van der Waals surface area contributed by atoms with Gasteiger partial charge in [-0.1, -0.05) is 11.6 Å². The fraction of sp³-hybridized carbons (Fsp3) is 0.364. The summed E-state index contributed by atoms with van der Waals surface area (Å²) >= 11 is 5.84. The molecule has 0 aromatic heterocycles. The monoisotopic (exact) mass is 433 g/mol.